The molecule has 2 aromatic carbocycles. The maximum absolute atomic E-state index is 6.76. The number of benzene rings is 2. The predicted octanol–water partition coefficient (Wildman–Crippen LogP) is 5.95. The molecule has 40 heavy (non-hydrogen) atoms. The molecule has 0 aliphatic carbocycles. The van der Waals surface area contributed by atoms with Crippen LogP contribution in [-0.4, -0.2) is 67.2 Å². The van der Waals surface area contributed by atoms with Crippen molar-refractivity contribution in [1.29, 1.82) is 0 Å². The lowest BCUT2D eigenvalue weighted by Gasteiger charge is -2.61. The fourth-order valence-corrected chi connectivity index (χ4v) is 6.27. The van der Waals surface area contributed by atoms with Crippen molar-refractivity contribution >= 4 is 0 Å². The molecule has 3 fully saturated rings. The second kappa shape index (κ2) is 12.5. The summed E-state index contributed by atoms with van der Waals surface area (Å²) < 4.78 is 30.4. The number of hydroxylamine groups is 2. The maximum atomic E-state index is 6.76. The van der Waals surface area contributed by atoms with Crippen molar-refractivity contribution < 1.29 is 28.5 Å². The zero-order chi connectivity index (χ0) is 28.2. The van der Waals surface area contributed by atoms with E-state index in [1.165, 1.54) is 11.1 Å². The van der Waals surface area contributed by atoms with Crippen LogP contribution < -0.4 is 4.74 Å². The van der Waals surface area contributed by atoms with Crippen LogP contribution in [0.4, 0.5) is 0 Å². The number of piperidine rings is 1. The van der Waals surface area contributed by atoms with E-state index in [9.17, 15) is 0 Å². The molecule has 0 aromatic heterocycles. The lowest BCUT2D eigenvalue weighted by atomic mass is 9.67. The molecule has 7 nitrogen and oxygen atoms in total. The number of nitrogens with zero attached hydrogens (tertiary/aromatic N) is 1. The van der Waals surface area contributed by atoms with E-state index in [4.69, 9.17) is 28.5 Å². The smallest absolute Gasteiger partial charge is 0.175 e. The summed E-state index contributed by atoms with van der Waals surface area (Å²) in [6, 6.07) is 18.6. The zero-order valence-corrected chi connectivity index (χ0v) is 24.9. The lowest BCUT2D eigenvalue weighted by Crippen LogP contribution is -2.71. The van der Waals surface area contributed by atoms with Gasteiger partial charge in [-0.05, 0) is 56.4 Å². The Morgan fingerprint density at radius 3 is 2.33 bits per heavy atom. The van der Waals surface area contributed by atoms with Gasteiger partial charge >= 0.3 is 0 Å². The monoisotopic (exact) mass is 553 g/mol. The van der Waals surface area contributed by atoms with Crippen molar-refractivity contribution in [3.63, 3.8) is 0 Å². The van der Waals surface area contributed by atoms with E-state index in [2.05, 4.69) is 63.9 Å². The Hall–Kier alpha value is -2.00. The van der Waals surface area contributed by atoms with Gasteiger partial charge in [0.2, 0.25) is 0 Å². The molecule has 3 aliphatic heterocycles. The van der Waals surface area contributed by atoms with Gasteiger partial charge in [0.25, 0.3) is 0 Å². The van der Waals surface area contributed by atoms with Crippen LogP contribution >= 0.6 is 0 Å². The van der Waals surface area contributed by atoms with Crippen LogP contribution in [0.5, 0.6) is 5.75 Å². The number of rotatable bonds is 13. The van der Waals surface area contributed by atoms with Gasteiger partial charge in [-0.1, -0.05) is 63.2 Å². The zero-order valence-electron chi connectivity index (χ0n) is 24.9. The maximum Gasteiger partial charge on any atom is 0.175 e. The van der Waals surface area contributed by atoms with Gasteiger partial charge in [-0.3, -0.25) is 4.84 Å². The molecule has 0 amide bonds. The molecule has 3 aliphatic rings. The molecule has 3 saturated heterocycles. The molecule has 0 radical (unpaired) electrons. The van der Waals surface area contributed by atoms with Crippen LogP contribution in [0.15, 0.2) is 54.6 Å². The lowest BCUT2D eigenvalue weighted by molar-refractivity contribution is -0.368. The number of ether oxygens (including phenoxy) is 5. The van der Waals surface area contributed by atoms with Crippen molar-refractivity contribution in [3.05, 3.63) is 65.7 Å². The first-order valence-corrected chi connectivity index (χ1v) is 15.0. The average Bonchev–Trinajstić information content (AvgIpc) is 3.73. The van der Waals surface area contributed by atoms with E-state index in [0.29, 0.717) is 33.0 Å². The summed E-state index contributed by atoms with van der Waals surface area (Å²) in [4.78, 5) is 6.68. The van der Waals surface area contributed by atoms with Crippen LogP contribution in [0, 0.1) is 5.92 Å². The van der Waals surface area contributed by atoms with Crippen LogP contribution in [0.3, 0.4) is 0 Å². The first-order chi connectivity index (χ1) is 19.3. The van der Waals surface area contributed by atoms with E-state index in [1.54, 1.807) is 0 Å². The van der Waals surface area contributed by atoms with Crippen molar-refractivity contribution in [2.75, 3.05) is 33.0 Å². The fourth-order valence-electron chi connectivity index (χ4n) is 6.27. The highest BCUT2D eigenvalue weighted by molar-refractivity contribution is 5.27. The van der Waals surface area contributed by atoms with Crippen molar-refractivity contribution in [1.82, 2.24) is 5.06 Å². The van der Waals surface area contributed by atoms with Crippen molar-refractivity contribution in [2.45, 2.75) is 96.0 Å². The summed E-state index contributed by atoms with van der Waals surface area (Å²) in [5, 5.41) is 2.29. The molecule has 2 aromatic rings. The van der Waals surface area contributed by atoms with Gasteiger partial charge < -0.3 is 23.7 Å². The van der Waals surface area contributed by atoms with Crippen LogP contribution in [-0.2, 0) is 36.8 Å². The minimum Gasteiger partial charge on any atom is -0.491 e. The van der Waals surface area contributed by atoms with Gasteiger partial charge in [-0.15, -0.1) is 0 Å². The van der Waals surface area contributed by atoms with E-state index in [0.717, 1.165) is 38.0 Å². The second-order valence-corrected chi connectivity index (χ2v) is 12.1. The molecular formula is C33H47NO6. The van der Waals surface area contributed by atoms with Gasteiger partial charge in [0.05, 0.1) is 38.6 Å². The van der Waals surface area contributed by atoms with Gasteiger partial charge in [0, 0.05) is 17.9 Å². The Bertz CT molecular complexity index is 1080. The van der Waals surface area contributed by atoms with Crippen molar-refractivity contribution in [3.8, 4) is 5.75 Å². The first-order valence-electron chi connectivity index (χ1n) is 15.0. The van der Waals surface area contributed by atoms with Gasteiger partial charge in [-0.2, -0.15) is 5.06 Å². The van der Waals surface area contributed by atoms with E-state index < -0.39 is 5.79 Å². The van der Waals surface area contributed by atoms with Gasteiger partial charge in [0.15, 0.2) is 5.79 Å². The highest BCUT2D eigenvalue weighted by Crippen LogP contribution is 2.54. The molecule has 0 saturated carbocycles. The Morgan fingerprint density at radius 2 is 1.65 bits per heavy atom. The summed E-state index contributed by atoms with van der Waals surface area (Å²) in [5.41, 5.74) is 1.90. The summed E-state index contributed by atoms with van der Waals surface area (Å²) in [6.45, 7) is 15.0. The number of hydrogen-bond acceptors (Lipinski definition) is 7. The highest BCUT2D eigenvalue weighted by Gasteiger charge is 2.64. The molecule has 0 bridgehead atoms. The SMILES string of the molecule is CCC1(C)CC2(OCC(COCc3ccccc3)O2)C(C)C(C)(CC)N1OCCc1ccc(OCC2CO2)cc1. The molecule has 7 heteroatoms. The van der Waals surface area contributed by atoms with E-state index in [1.807, 2.05) is 30.3 Å². The third-order valence-electron chi connectivity index (χ3n) is 9.32. The van der Waals surface area contributed by atoms with E-state index in [-0.39, 0.29) is 29.2 Å². The molecule has 0 N–H and O–H groups in total. The second-order valence-electron chi connectivity index (χ2n) is 12.1. The Labute approximate surface area is 240 Å². The number of epoxide rings is 1. The van der Waals surface area contributed by atoms with Crippen LogP contribution in [0.25, 0.3) is 0 Å². The molecule has 6 atom stereocenters. The third kappa shape index (κ3) is 6.40. The van der Waals surface area contributed by atoms with E-state index >= 15 is 0 Å². The first kappa shape index (κ1) is 29.5. The van der Waals surface area contributed by atoms with Gasteiger partial charge in [0.1, 0.15) is 24.6 Å². The van der Waals surface area contributed by atoms with Crippen LogP contribution in [0.2, 0.25) is 0 Å². The largest absolute Gasteiger partial charge is 0.491 e. The minimum atomic E-state index is -0.655. The molecule has 1 spiro atoms. The Kier molecular flexibility index (Phi) is 9.20. The van der Waals surface area contributed by atoms with Gasteiger partial charge in [-0.25, -0.2) is 0 Å². The summed E-state index contributed by atoms with van der Waals surface area (Å²) in [7, 11) is 0. The normalized spacial score (nSPS) is 33.9. The standard InChI is InChI=1S/C33H47NO6/c1-6-31(4)24-33(38-23-30(40-33)20-35-19-27-11-9-8-10-12-27)25(3)32(5,7-2)34(31)39-18-17-26-13-15-28(16-14-26)36-21-29-22-37-29/h8-16,25,29-30H,6-7,17-24H2,1-5H3. The van der Waals surface area contributed by atoms with Crippen LogP contribution in [0.1, 0.15) is 65.0 Å². The molecule has 220 valence electrons. The highest BCUT2D eigenvalue weighted by atomic mass is 16.8. The summed E-state index contributed by atoms with van der Waals surface area (Å²) in [5.74, 6) is 0.334. The molecule has 5 rings (SSSR count). The Balaban J connectivity index is 1.19. The molecule has 6 unspecified atom stereocenters. The Morgan fingerprint density at radius 1 is 0.900 bits per heavy atom. The minimum absolute atomic E-state index is 0.0791. The summed E-state index contributed by atoms with van der Waals surface area (Å²) in [6.07, 6.45) is 3.61. The quantitative estimate of drug-likeness (QED) is 0.284. The fraction of sp³-hybridized carbons (Fsp3) is 0.636. The number of hydrogen-bond donors (Lipinski definition) is 0. The predicted molar refractivity (Wildman–Crippen MR) is 154 cm³/mol. The topological polar surface area (TPSA) is 61.9 Å². The molecule has 3 heterocycles. The summed E-state index contributed by atoms with van der Waals surface area (Å²) >= 11 is 0. The third-order valence-corrected chi connectivity index (χ3v) is 9.32. The average molecular weight is 554 g/mol. The van der Waals surface area contributed by atoms with Crippen molar-refractivity contribution in [2.24, 2.45) is 5.92 Å². The molecular weight excluding hydrogens is 506 g/mol.